The van der Waals surface area contributed by atoms with Crippen molar-refractivity contribution in [3.63, 3.8) is 0 Å². The smallest absolute Gasteiger partial charge is 0.137 e. The fourth-order valence-electron chi connectivity index (χ4n) is 8.56. The van der Waals surface area contributed by atoms with Crippen LogP contribution in [0.3, 0.4) is 0 Å². The van der Waals surface area contributed by atoms with Gasteiger partial charge in [0.15, 0.2) is 0 Å². The molecular formula is C49H35N3O. The number of furan rings is 1. The monoisotopic (exact) mass is 681 g/mol. The molecule has 3 heterocycles. The molecule has 2 aromatic heterocycles. The van der Waals surface area contributed by atoms with Crippen LogP contribution in [0.4, 0.5) is 17.1 Å². The molecule has 1 N–H and O–H groups in total. The zero-order valence-corrected chi connectivity index (χ0v) is 29.0. The van der Waals surface area contributed by atoms with Crippen LogP contribution in [0.2, 0.25) is 0 Å². The summed E-state index contributed by atoms with van der Waals surface area (Å²) >= 11 is 0. The summed E-state index contributed by atoms with van der Waals surface area (Å²) in [6, 6.07) is 56.8. The number of nitrogens with one attached hydrogen (secondary N) is 1. The molecule has 0 radical (unpaired) electrons. The van der Waals surface area contributed by atoms with E-state index in [4.69, 9.17) is 4.42 Å². The summed E-state index contributed by atoms with van der Waals surface area (Å²) in [5.41, 5.74) is 14.8. The van der Waals surface area contributed by atoms with Crippen LogP contribution in [0.1, 0.15) is 30.1 Å². The zero-order valence-electron chi connectivity index (χ0n) is 29.0. The van der Waals surface area contributed by atoms with Gasteiger partial charge in [0, 0.05) is 39.0 Å². The van der Waals surface area contributed by atoms with Crippen LogP contribution in [0.5, 0.6) is 0 Å². The molecule has 9 aromatic rings. The summed E-state index contributed by atoms with van der Waals surface area (Å²) in [5.74, 6) is 0. The van der Waals surface area contributed by atoms with Crippen LogP contribution in [-0.2, 0) is 0 Å². The second-order valence-corrected chi connectivity index (χ2v) is 14.1. The number of allylic oxidation sites excluding steroid dienone is 4. The molecule has 1 unspecified atom stereocenters. The van der Waals surface area contributed by atoms with Crippen molar-refractivity contribution >= 4 is 66.4 Å². The summed E-state index contributed by atoms with van der Waals surface area (Å²) in [6.45, 7) is 0. The number of hydrogen-bond donors (Lipinski definition) is 1. The van der Waals surface area contributed by atoms with E-state index in [1.807, 2.05) is 0 Å². The molecule has 0 amide bonds. The molecule has 53 heavy (non-hydrogen) atoms. The van der Waals surface area contributed by atoms with Gasteiger partial charge in [-0.3, -0.25) is 0 Å². The molecule has 4 nitrogen and oxygen atoms in total. The van der Waals surface area contributed by atoms with E-state index in [0.717, 1.165) is 57.4 Å². The van der Waals surface area contributed by atoms with Gasteiger partial charge >= 0.3 is 0 Å². The maximum absolute atomic E-state index is 6.63. The van der Waals surface area contributed by atoms with Gasteiger partial charge in [0.25, 0.3) is 0 Å². The fraction of sp³-hybridized carbons (Fsp3) is 0.0612. The molecular weight excluding hydrogens is 647 g/mol. The van der Waals surface area contributed by atoms with Crippen molar-refractivity contribution in [3.8, 4) is 16.8 Å². The highest BCUT2D eigenvalue weighted by Crippen LogP contribution is 2.46. The maximum atomic E-state index is 6.63. The average Bonchev–Trinajstić information content (AvgIpc) is 3.91. The highest BCUT2D eigenvalue weighted by Gasteiger charge is 2.31. The van der Waals surface area contributed by atoms with Gasteiger partial charge in [-0.05, 0) is 101 Å². The first kappa shape index (κ1) is 29.9. The average molecular weight is 682 g/mol. The number of anilines is 3. The molecule has 4 heteroatoms. The molecule has 0 fully saturated rings. The molecule has 1 aliphatic carbocycles. The largest absolute Gasteiger partial charge is 0.456 e. The Bertz CT molecular complexity index is 2930. The Hall–Kier alpha value is -6.78. The SMILES string of the molecule is C1=CC(c2ccc3c(c2)c2ccccc2n3-c2ccc3c(c2)oc2cccc(-c4ccc(C5Nc6ccccc6N5c5ccccc5)cc4)c23)=CCC1. The van der Waals surface area contributed by atoms with Gasteiger partial charge in [0.1, 0.15) is 17.3 Å². The van der Waals surface area contributed by atoms with Gasteiger partial charge in [-0.25, -0.2) is 0 Å². The Morgan fingerprint density at radius 1 is 0.566 bits per heavy atom. The summed E-state index contributed by atoms with van der Waals surface area (Å²) in [4.78, 5) is 2.38. The van der Waals surface area contributed by atoms with Crippen molar-refractivity contribution < 1.29 is 4.42 Å². The molecule has 2 aliphatic rings. The number of nitrogens with zero attached hydrogens (tertiary/aromatic N) is 2. The Kier molecular flexibility index (Phi) is 6.71. The van der Waals surface area contributed by atoms with Crippen molar-refractivity contribution in [1.82, 2.24) is 4.57 Å². The second-order valence-electron chi connectivity index (χ2n) is 14.1. The molecule has 1 atom stereocenters. The number of para-hydroxylation sites is 4. The van der Waals surface area contributed by atoms with E-state index in [1.54, 1.807) is 0 Å². The van der Waals surface area contributed by atoms with Crippen LogP contribution < -0.4 is 10.2 Å². The number of aromatic nitrogens is 1. The summed E-state index contributed by atoms with van der Waals surface area (Å²) < 4.78 is 9.01. The van der Waals surface area contributed by atoms with E-state index in [2.05, 4.69) is 191 Å². The molecule has 0 saturated heterocycles. The van der Waals surface area contributed by atoms with Crippen LogP contribution in [-0.4, -0.2) is 4.57 Å². The number of benzene rings is 7. The predicted molar refractivity (Wildman–Crippen MR) is 221 cm³/mol. The molecule has 11 rings (SSSR count). The lowest BCUT2D eigenvalue weighted by Gasteiger charge is -2.27. The summed E-state index contributed by atoms with van der Waals surface area (Å²) in [7, 11) is 0. The Balaban J connectivity index is 0.985. The van der Waals surface area contributed by atoms with Crippen LogP contribution in [0.25, 0.3) is 66.1 Å². The molecule has 1 aliphatic heterocycles. The van der Waals surface area contributed by atoms with Crippen molar-refractivity contribution in [2.75, 3.05) is 10.2 Å². The van der Waals surface area contributed by atoms with Gasteiger partial charge in [0.2, 0.25) is 0 Å². The molecule has 0 saturated carbocycles. The first-order valence-electron chi connectivity index (χ1n) is 18.4. The lowest BCUT2D eigenvalue weighted by molar-refractivity contribution is 0.668. The van der Waals surface area contributed by atoms with Crippen molar-refractivity contribution in [3.05, 3.63) is 187 Å². The zero-order chi connectivity index (χ0) is 34.9. The standard InChI is InChI=1S/C49H35N3O/c1-3-12-32(13-4-1)35-26-29-44-41(30-35)39-16-7-9-19-43(39)51(44)37-27-28-40-47(31-37)53-46-21-11-17-38(48(40)46)33-22-24-34(25-23-33)49-50-42-18-8-10-20-45(42)52(49)36-14-5-2-6-15-36/h2-3,5-31,49-50H,1,4H2. The van der Waals surface area contributed by atoms with E-state index in [-0.39, 0.29) is 6.17 Å². The third-order valence-electron chi connectivity index (χ3n) is 11.0. The normalized spacial score (nSPS) is 15.4. The maximum Gasteiger partial charge on any atom is 0.137 e. The number of fused-ring (bicyclic) bond motifs is 7. The lowest BCUT2D eigenvalue weighted by Crippen LogP contribution is -2.23. The highest BCUT2D eigenvalue weighted by molar-refractivity contribution is 6.14. The Labute approximate surface area is 307 Å². The van der Waals surface area contributed by atoms with E-state index in [0.29, 0.717) is 0 Å². The highest BCUT2D eigenvalue weighted by atomic mass is 16.3. The van der Waals surface area contributed by atoms with E-state index in [9.17, 15) is 0 Å². The van der Waals surface area contributed by atoms with Crippen molar-refractivity contribution in [1.29, 1.82) is 0 Å². The van der Waals surface area contributed by atoms with Crippen LogP contribution in [0, 0.1) is 0 Å². The topological polar surface area (TPSA) is 33.3 Å². The van der Waals surface area contributed by atoms with Crippen LogP contribution >= 0.6 is 0 Å². The minimum absolute atomic E-state index is 0.0126. The van der Waals surface area contributed by atoms with E-state index >= 15 is 0 Å². The summed E-state index contributed by atoms with van der Waals surface area (Å²) in [6.07, 6.45) is 9.08. The number of rotatable bonds is 5. The third-order valence-corrected chi connectivity index (χ3v) is 11.0. The molecule has 0 spiro atoms. The van der Waals surface area contributed by atoms with E-state index < -0.39 is 0 Å². The first-order valence-corrected chi connectivity index (χ1v) is 18.4. The molecule has 0 bridgehead atoms. The van der Waals surface area contributed by atoms with Gasteiger partial charge < -0.3 is 19.2 Å². The predicted octanol–water partition coefficient (Wildman–Crippen LogP) is 13.3. The van der Waals surface area contributed by atoms with Crippen molar-refractivity contribution in [2.45, 2.75) is 19.0 Å². The van der Waals surface area contributed by atoms with Gasteiger partial charge in [-0.2, -0.15) is 0 Å². The van der Waals surface area contributed by atoms with Crippen LogP contribution in [0.15, 0.2) is 180 Å². The number of hydrogen-bond acceptors (Lipinski definition) is 3. The fourth-order valence-corrected chi connectivity index (χ4v) is 8.56. The van der Waals surface area contributed by atoms with Gasteiger partial charge in [0.05, 0.1) is 22.4 Å². The third kappa shape index (κ3) is 4.76. The van der Waals surface area contributed by atoms with E-state index in [1.165, 1.54) is 49.8 Å². The van der Waals surface area contributed by atoms with Crippen molar-refractivity contribution in [2.24, 2.45) is 0 Å². The minimum Gasteiger partial charge on any atom is -0.456 e. The summed E-state index contributed by atoms with van der Waals surface area (Å²) in [5, 5.41) is 8.54. The first-order chi connectivity index (χ1) is 26.3. The Morgan fingerprint density at radius 2 is 1.38 bits per heavy atom. The molecule has 7 aromatic carbocycles. The Morgan fingerprint density at radius 3 is 2.26 bits per heavy atom. The second kappa shape index (κ2) is 11.9. The minimum atomic E-state index is -0.0126. The van der Waals surface area contributed by atoms with Gasteiger partial charge in [-0.1, -0.05) is 109 Å². The molecule has 252 valence electrons. The lowest BCUT2D eigenvalue weighted by atomic mass is 9.97. The van der Waals surface area contributed by atoms with Gasteiger partial charge in [-0.15, -0.1) is 0 Å². The quantitative estimate of drug-likeness (QED) is 0.196.